The SMILES string of the molecule is Cc1ccc(NC(=O)c2cc(NC3CC3)ncn2)cc1Br. The summed E-state index contributed by atoms with van der Waals surface area (Å²) in [5, 5.41) is 6.09. The zero-order chi connectivity index (χ0) is 14.8. The highest BCUT2D eigenvalue weighted by Gasteiger charge is 2.21. The van der Waals surface area contributed by atoms with Gasteiger partial charge in [-0.1, -0.05) is 22.0 Å². The Morgan fingerprint density at radius 1 is 1.29 bits per heavy atom. The van der Waals surface area contributed by atoms with Crippen LogP contribution in [0.4, 0.5) is 11.5 Å². The number of amides is 1. The van der Waals surface area contributed by atoms with E-state index in [1.54, 1.807) is 6.07 Å². The summed E-state index contributed by atoms with van der Waals surface area (Å²) in [5.74, 6) is 0.453. The fraction of sp³-hybridized carbons (Fsp3) is 0.267. The molecule has 108 valence electrons. The fourth-order valence-electron chi connectivity index (χ4n) is 1.86. The van der Waals surface area contributed by atoms with Crippen LogP contribution in [0.2, 0.25) is 0 Å². The molecule has 0 bridgehead atoms. The lowest BCUT2D eigenvalue weighted by molar-refractivity contribution is 0.102. The fourth-order valence-corrected chi connectivity index (χ4v) is 2.24. The van der Waals surface area contributed by atoms with Crippen molar-refractivity contribution in [1.82, 2.24) is 9.97 Å². The number of halogens is 1. The Morgan fingerprint density at radius 2 is 2.10 bits per heavy atom. The Labute approximate surface area is 131 Å². The average molecular weight is 347 g/mol. The summed E-state index contributed by atoms with van der Waals surface area (Å²) in [7, 11) is 0. The van der Waals surface area contributed by atoms with Gasteiger partial charge in [0.2, 0.25) is 0 Å². The largest absolute Gasteiger partial charge is 0.367 e. The van der Waals surface area contributed by atoms with Crippen LogP contribution in [0.25, 0.3) is 0 Å². The van der Waals surface area contributed by atoms with Gasteiger partial charge in [0.1, 0.15) is 17.8 Å². The second-order valence-electron chi connectivity index (χ2n) is 5.13. The summed E-state index contributed by atoms with van der Waals surface area (Å²) in [5.41, 5.74) is 2.20. The molecule has 1 aromatic heterocycles. The first-order valence-electron chi connectivity index (χ1n) is 6.78. The number of benzene rings is 1. The molecule has 3 rings (SSSR count). The van der Waals surface area contributed by atoms with Crippen molar-refractivity contribution < 1.29 is 4.79 Å². The van der Waals surface area contributed by atoms with Crippen molar-refractivity contribution in [3.05, 3.63) is 46.3 Å². The van der Waals surface area contributed by atoms with E-state index in [-0.39, 0.29) is 5.91 Å². The number of hydrogen-bond donors (Lipinski definition) is 2. The third-order valence-corrected chi connectivity index (χ3v) is 4.11. The standard InChI is InChI=1S/C15H15BrN4O/c1-9-2-3-11(6-12(9)16)20-15(21)13-7-14(18-8-17-13)19-10-4-5-10/h2-3,6-8,10H,4-5H2,1H3,(H,20,21)(H,17,18,19). The molecule has 1 saturated carbocycles. The van der Waals surface area contributed by atoms with Gasteiger partial charge in [-0.25, -0.2) is 9.97 Å². The van der Waals surface area contributed by atoms with Gasteiger partial charge in [-0.3, -0.25) is 4.79 Å². The van der Waals surface area contributed by atoms with E-state index in [2.05, 4.69) is 36.5 Å². The predicted molar refractivity (Wildman–Crippen MR) is 85.5 cm³/mol. The smallest absolute Gasteiger partial charge is 0.274 e. The Hall–Kier alpha value is -1.95. The quantitative estimate of drug-likeness (QED) is 0.890. The van der Waals surface area contributed by atoms with Crippen molar-refractivity contribution in [3.8, 4) is 0 Å². The normalized spacial score (nSPS) is 13.8. The van der Waals surface area contributed by atoms with E-state index in [1.165, 1.54) is 6.33 Å². The minimum Gasteiger partial charge on any atom is -0.367 e. The predicted octanol–water partition coefficient (Wildman–Crippen LogP) is 3.37. The molecule has 1 heterocycles. The lowest BCUT2D eigenvalue weighted by Gasteiger charge is -2.08. The van der Waals surface area contributed by atoms with Crippen LogP contribution in [0, 0.1) is 6.92 Å². The van der Waals surface area contributed by atoms with Gasteiger partial charge in [0.25, 0.3) is 5.91 Å². The molecule has 0 spiro atoms. The van der Waals surface area contributed by atoms with E-state index in [9.17, 15) is 4.79 Å². The van der Waals surface area contributed by atoms with Crippen LogP contribution in [-0.2, 0) is 0 Å². The summed E-state index contributed by atoms with van der Waals surface area (Å²) in [6.07, 6.45) is 3.72. The van der Waals surface area contributed by atoms with Crippen molar-refractivity contribution in [3.63, 3.8) is 0 Å². The number of hydrogen-bond acceptors (Lipinski definition) is 4. The van der Waals surface area contributed by atoms with Gasteiger partial charge in [0.15, 0.2) is 0 Å². The lowest BCUT2D eigenvalue weighted by Crippen LogP contribution is -2.15. The van der Waals surface area contributed by atoms with E-state index in [0.29, 0.717) is 17.6 Å². The second kappa shape index (κ2) is 5.81. The van der Waals surface area contributed by atoms with Crippen LogP contribution < -0.4 is 10.6 Å². The molecule has 21 heavy (non-hydrogen) atoms. The number of aromatic nitrogens is 2. The summed E-state index contributed by atoms with van der Waals surface area (Å²) >= 11 is 3.45. The topological polar surface area (TPSA) is 66.9 Å². The molecule has 1 aromatic carbocycles. The molecular formula is C15H15BrN4O. The van der Waals surface area contributed by atoms with Crippen molar-refractivity contribution >= 4 is 33.3 Å². The second-order valence-corrected chi connectivity index (χ2v) is 5.98. The molecule has 0 saturated heterocycles. The molecule has 2 N–H and O–H groups in total. The van der Waals surface area contributed by atoms with Crippen molar-refractivity contribution in [2.24, 2.45) is 0 Å². The zero-order valence-corrected chi connectivity index (χ0v) is 13.1. The highest BCUT2D eigenvalue weighted by atomic mass is 79.9. The molecule has 1 aliphatic carbocycles. The molecule has 0 radical (unpaired) electrons. The Balaban J connectivity index is 1.73. The van der Waals surface area contributed by atoms with Gasteiger partial charge in [-0.05, 0) is 37.5 Å². The van der Waals surface area contributed by atoms with Crippen LogP contribution in [0.1, 0.15) is 28.9 Å². The molecule has 2 aromatic rings. The summed E-state index contributed by atoms with van der Waals surface area (Å²) in [6, 6.07) is 7.85. The number of aryl methyl sites for hydroxylation is 1. The van der Waals surface area contributed by atoms with Gasteiger partial charge in [-0.15, -0.1) is 0 Å². The minimum absolute atomic E-state index is 0.244. The number of carbonyl (C=O) groups is 1. The van der Waals surface area contributed by atoms with Gasteiger partial charge in [0, 0.05) is 22.3 Å². The maximum absolute atomic E-state index is 12.2. The molecular weight excluding hydrogens is 332 g/mol. The van der Waals surface area contributed by atoms with E-state index in [0.717, 1.165) is 28.6 Å². The Bertz CT molecular complexity index is 685. The van der Waals surface area contributed by atoms with Crippen molar-refractivity contribution in [2.75, 3.05) is 10.6 Å². The molecule has 1 fully saturated rings. The van der Waals surface area contributed by atoms with Gasteiger partial charge in [0.05, 0.1) is 0 Å². The van der Waals surface area contributed by atoms with Crippen LogP contribution in [0.15, 0.2) is 35.1 Å². The van der Waals surface area contributed by atoms with Crippen LogP contribution >= 0.6 is 15.9 Å². The number of anilines is 2. The number of nitrogens with one attached hydrogen (secondary N) is 2. The van der Waals surface area contributed by atoms with Crippen LogP contribution in [-0.4, -0.2) is 21.9 Å². The van der Waals surface area contributed by atoms with Gasteiger partial charge < -0.3 is 10.6 Å². The first kappa shape index (κ1) is 14.0. The Morgan fingerprint density at radius 3 is 2.81 bits per heavy atom. The van der Waals surface area contributed by atoms with Crippen molar-refractivity contribution in [2.45, 2.75) is 25.8 Å². The van der Waals surface area contributed by atoms with E-state index >= 15 is 0 Å². The maximum atomic E-state index is 12.2. The highest BCUT2D eigenvalue weighted by Crippen LogP contribution is 2.24. The zero-order valence-electron chi connectivity index (χ0n) is 11.6. The first-order valence-corrected chi connectivity index (χ1v) is 7.57. The first-order chi connectivity index (χ1) is 10.1. The van der Waals surface area contributed by atoms with E-state index in [1.807, 2.05) is 25.1 Å². The van der Waals surface area contributed by atoms with E-state index in [4.69, 9.17) is 0 Å². The monoisotopic (exact) mass is 346 g/mol. The highest BCUT2D eigenvalue weighted by molar-refractivity contribution is 9.10. The molecule has 0 unspecified atom stereocenters. The average Bonchev–Trinajstić information content (AvgIpc) is 3.27. The van der Waals surface area contributed by atoms with Crippen LogP contribution in [0.5, 0.6) is 0 Å². The van der Waals surface area contributed by atoms with Crippen molar-refractivity contribution in [1.29, 1.82) is 0 Å². The lowest BCUT2D eigenvalue weighted by atomic mass is 10.2. The number of carbonyl (C=O) groups excluding carboxylic acids is 1. The molecule has 0 atom stereocenters. The number of rotatable bonds is 4. The minimum atomic E-state index is -0.244. The van der Waals surface area contributed by atoms with Crippen LogP contribution in [0.3, 0.4) is 0 Å². The number of nitrogens with zero attached hydrogens (tertiary/aromatic N) is 2. The molecule has 6 heteroatoms. The van der Waals surface area contributed by atoms with Gasteiger partial charge >= 0.3 is 0 Å². The third kappa shape index (κ3) is 3.58. The Kier molecular flexibility index (Phi) is 3.88. The molecule has 5 nitrogen and oxygen atoms in total. The summed E-state index contributed by atoms with van der Waals surface area (Å²) in [4.78, 5) is 20.4. The van der Waals surface area contributed by atoms with Gasteiger partial charge in [-0.2, -0.15) is 0 Å². The molecule has 0 aliphatic heterocycles. The molecule has 1 amide bonds. The third-order valence-electron chi connectivity index (χ3n) is 3.26. The van der Waals surface area contributed by atoms with E-state index < -0.39 is 0 Å². The molecule has 1 aliphatic rings. The summed E-state index contributed by atoms with van der Waals surface area (Å²) in [6.45, 7) is 2.00. The summed E-state index contributed by atoms with van der Waals surface area (Å²) < 4.78 is 0.957. The maximum Gasteiger partial charge on any atom is 0.274 e.